The molecule has 0 aliphatic carbocycles. The molecule has 1 aromatic carbocycles. The van der Waals surface area contributed by atoms with Gasteiger partial charge in [0, 0.05) is 19.2 Å². The van der Waals surface area contributed by atoms with Crippen LogP contribution in [0.1, 0.15) is 24.0 Å². The summed E-state index contributed by atoms with van der Waals surface area (Å²) in [6.45, 7) is 1.52. The highest BCUT2D eigenvalue weighted by Crippen LogP contribution is 2.13. The summed E-state index contributed by atoms with van der Waals surface area (Å²) in [6, 6.07) is 7.24. The molecule has 2 rings (SSSR count). The first-order valence-electron chi connectivity index (χ1n) is 6.45. The molecule has 0 amide bonds. The van der Waals surface area contributed by atoms with Gasteiger partial charge in [-0.05, 0) is 24.0 Å². The number of benzene rings is 1. The van der Waals surface area contributed by atoms with Crippen molar-refractivity contribution in [1.29, 1.82) is 0 Å². The fraction of sp³-hybridized carbons (Fsp3) is 0.538. The molecule has 1 fully saturated rings. The van der Waals surface area contributed by atoms with Gasteiger partial charge in [-0.1, -0.05) is 24.3 Å². The van der Waals surface area contributed by atoms with Crippen LogP contribution in [0.5, 0.6) is 0 Å². The Bertz CT molecular complexity index is 510. The van der Waals surface area contributed by atoms with Gasteiger partial charge in [0.1, 0.15) is 0 Å². The molecule has 0 radical (unpaired) electrons. The van der Waals surface area contributed by atoms with Gasteiger partial charge in [-0.3, -0.25) is 0 Å². The standard InChI is InChI=1S/C13H20N2O3S/c14-8-11-4-1-2-5-12(11)10-19(16,17)15-13-6-3-7-18-9-13/h1-2,4-5,13,15H,3,6-10,14H2. The average Bonchev–Trinajstić information content (AvgIpc) is 2.39. The number of rotatable bonds is 5. The van der Waals surface area contributed by atoms with Crippen LogP contribution < -0.4 is 10.5 Å². The second kappa shape index (κ2) is 6.47. The molecule has 6 heteroatoms. The molecule has 1 aliphatic rings. The van der Waals surface area contributed by atoms with Crippen LogP contribution in [0.3, 0.4) is 0 Å². The first kappa shape index (κ1) is 14.5. The molecule has 1 unspecified atom stereocenters. The van der Waals surface area contributed by atoms with Crippen molar-refractivity contribution in [1.82, 2.24) is 4.72 Å². The number of sulfonamides is 1. The first-order chi connectivity index (χ1) is 9.11. The van der Waals surface area contributed by atoms with Crippen LogP contribution >= 0.6 is 0 Å². The summed E-state index contributed by atoms with van der Waals surface area (Å²) in [6.07, 6.45) is 1.73. The quantitative estimate of drug-likeness (QED) is 0.836. The van der Waals surface area contributed by atoms with Gasteiger partial charge in [0.15, 0.2) is 0 Å². The van der Waals surface area contributed by atoms with E-state index in [1.165, 1.54) is 0 Å². The van der Waals surface area contributed by atoms with E-state index in [1.807, 2.05) is 18.2 Å². The Balaban J connectivity index is 2.03. The molecule has 1 heterocycles. The molecule has 5 nitrogen and oxygen atoms in total. The lowest BCUT2D eigenvalue weighted by molar-refractivity contribution is 0.0774. The number of hydrogen-bond acceptors (Lipinski definition) is 4. The summed E-state index contributed by atoms with van der Waals surface area (Å²) in [5.74, 6) is -0.0309. The molecule has 0 bridgehead atoms. The van der Waals surface area contributed by atoms with Crippen LogP contribution in [0, 0.1) is 0 Å². The van der Waals surface area contributed by atoms with E-state index in [4.69, 9.17) is 10.5 Å². The van der Waals surface area contributed by atoms with Crippen molar-refractivity contribution < 1.29 is 13.2 Å². The Kier molecular flexibility index (Phi) is 4.93. The minimum atomic E-state index is -3.35. The minimum absolute atomic E-state index is 0.0309. The summed E-state index contributed by atoms with van der Waals surface area (Å²) in [5, 5.41) is 0. The van der Waals surface area contributed by atoms with E-state index in [0.717, 1.165) is 24.0 Å². The number of nitrogens with one attached hydrogen (secondary N) is 1. The topological polar surface area (TPSA) is 81.4 Å². The van der Waals surface area contributed by atoms with Crippen LogP contribution in [0.15, 0.2) is 24.3 Å². The highest BCUT2D eigenvalue weighted by Gasteiger charge is 2.21. The smallest absolute Gasteiger partial charge is 0.216 e. The van der Waals surface area contributed by atoms with Gasteiger partial charge in [-0.25, -0.2) is 13.1 Å². The molecule has 106 valence electrons. The Morgan fingerprint density at radius 3 is 2.68 bits per heavy atom. The Hall–Kier alpha value is -0.950. The lowest BCUT2D eigenvalue weighted by atomic mass is 10.1. The summed E-state index contributed by atoms with van der Waals surface area (Å²) >= 11 is 0. The zero-order chi connectivity index (χ0) is 13.7. The molecule has 1 saturated heterocycles. The second-order valence-corrected chi connectivity index (χ2v) is 6.52. The van der Waals surface area contributed by atoms with E-state index in [-0.39, 0.29) is 11.8 Å². The lowest BCUT2D eigenvalue weighted by Crippen LogP contribution is -2.41. The van der Waals surface area contributed by atoms with Crippen molar-refractivity contribution in [3.63, 3.8) is 0 Å². The maximum atomic E-state index is 12.1. The molecule has 1 atom stereocenters. The van der Waals surface area contributed by atoms with Crippen molar-refractivity contribution in [2.24, 2.45) is 5.73 Å². The predicted octanol–water partition coefficient (Wildman–Crippen LogP) is 0.744. The Labute approximate surface area is 114 Å². The summed E-state index contributed by atoms with van der Waals surface area (Å²) < 4.78 is 32.2. The number of nitrogens with two attached hydrogens (primary N) is 1. The van der Waals surface area contributed by atoms with Crippen molar-refractivity contribution in [3.8, 4) is 0 Å². The van der Waals surface area contributed by atoms with E-state index in [0.29, 0.717) is 19.8 Å². The van der Waals surface area contributed by atoms with Crippen LogP contribution in [0.2, 0.25) is 0 Å². The molecule has 3 N–H and O–H groups in total. The van der Waals surface area contributed by atoms with Crippen LogP contribution in [-0.4, -0.2) is 27.7 Å². The molecule has 0 spiro atoms. The van der Waals surface area contributed by atoms with Gasteiger partial charge in [-0.15, -0.1) is 0 Å². The molecule has 1 aromatic rings. The van der Waals surface area contributed by atoms with Gasteiger partial charge in [0.25, 0.3) is 0 Å². The van der Waals surface area contributed by atoms with E-state index in [1.54, 1.807) is 6.07 Å². The normalized spacial score (nSPS) is 20.4. The minimum Gasteiger partial charge on any atom is -0.380 e. The maximum Gasteiger partial charge on any atom is 0.216 e. The maximum absolute atomic E-state index is 12.1. The highest BCUT2D eigenvalue weighted by atomic mass is 32.2. The van der Waals surface area contributed by atoms with Gasteiger partial charge in [0.05, 0.1) is 12.4 Å². The summed E-state index contributed by atoms with van der Waals surface area (Å²) in [7, 11) is -3.35. The third-order valence-corrected chi connectivity index (χ3v) is 4.57. The third-order valence-electron chi connectivity index (χ3n) is 3.19. The molecular formula is C13H20N2O3S. The largest absolute Gasteiger partial charge is 0.380 e. The molecule has 0 saturated carbocycles. The molecular weight excluding hydrogens is 264 g/mol. The van der Waals surface area contributed by atoms with E-state index in [2.05, 4.69) is 4.72 Å². The van der Waals surface area contributed by atoms with Gasteiger partial charge in [-0.2, -0.15) is 0 Å². The zero-order valence-corrected chi connectivity index (χ0v) is 11.7. The van der Waals surface area contributed by atoms with Gasteiger partial charge >= 0.3 is 0 Å². The fourth-order valence-electron chi connectivity index (χ4n) is 2.23. The SMILES string of the molecule is NCc1ccccc1CS(=O)(=O)NC1CCCOC1. The monoisotopic (exact) mass is 284 g/mol. The van der Waals surface area contributed by atoms with Crippen LogP contribution in [0.25, 0.3) is 0 Å². The van der Waals surface area contributed by atoms with E-state index in [9.17, 15) is 8.42 Å². The summed E-state index contributed by atoms with van der Waals surface area (Å²) in [4.78, 5) is 0. The Morgan fingerprint density at radius 1 is 1.32 bits per heavy atom. The summed E-state index contributed by atoms with van der Waals surface area (Å²) in [5.41, 5.74) is 7.25. The average molecular weight is 284 g/mol. The number of hydrogen-bond donors (Lipinski definition) is 2. The highest BCUT2D eigenvalue weighted by molar-refractivity contribution is 7.88. The van der Waals surface area contributed by atoms with Crippen molar-refractivity contribution in [2.75, 3.05) is 13.2 Å². The van der Waals surface area contributed by atoms with Crippen molar-refractivity contribution in [2.45, 2.75) is 31.2 Å². The molecule has 19 heavy (non-hydrogen) atoms. The van der Waals surface area contributed by atoms with Crippen molar-refractivity contribution >= 4 is 10.0 Å². The van der Waals surface area contributed by atoms with Gasteiger partial charge in [0.2, 0.25) is 10.0 Å². The molecule has 0 aromatic heterocycles. The van der Waals surface area contributed by atoms with Crippen LogP contribution in [-0.2, 0) is 27.1 Å². The van der Waals surface area contributed by atoms with Crippen LogP contribution in [0.4, 0.5) is 0 Å². The zero-order valence-electron chi connectivity index (χ0n) is 10.8. The van der Waals surface area contributed by atoms with Crippen molar-refractivity contribution in [3.05, 3.63) is 35.4 Å². The predicted molar refractivity (Wildman–Crippen MR) is 73.9 cm³/mol. The van der Waals surface area contributed by atoms with Gasteiger partial charge < -0.3 is 10.5 Å². The first-order valence-corrected chi connectivity index (χ1v) is 8.10. The number of ether oxygens (including phenoxy) is 1. The second-order valence-electron chi connectivity index (χ2n) is 4.76. The Morgan fingerprint density at radius 2 is 2.05 bits per heavy atom. The van der Waals surface area contributed by atoms with E-state index < -0.39 is 10.0 Å². The lowest BCUT2D eigenvalue weighted by Gasteiger charge is -2.23. The third kappa shape index (κ3) is 4.28. The fourth-order valence-corrected chi connectivity index (χ4v) is 3.70. The molecule has 1 aliphatic heterocycles. The van der Waals surface area contributed by atoms with E-state index >= 15 is 0 Å².